The van der Waals surface area contributed by atoms with E-state index in [9.17, 15) is 10.2 Å². The highest BCUT2D eigenvalue weighted by atomic mass is 16.5. The van der Waals surface area contributed by atoms with Crippen LogP contribution < -0.4 is 5.32 Å². The van der Waals surface area contributed by atoms with Gasteiger partial charge in [-0.1, -0.05) is 12.1 Å². The van der Waals surface area contributed by atoms with Gasteiger partial charge in [0, 0.05) is 25.3 Å². The molecular formula is C13H19NO3. The molecule has 1 fully saturated rings. The number of phenols is 2. The number of hydrogen-bond donors (Lipinski definition) is 3. The Morgan fingerprint density at radius 1 is 1.35 bits per heavy atom. The molecule has 3 N–H and O–H groups in total. The Morgan fingerprint density at radius 3 is 3.00 bits per heavy atom. The van der Waals surface area contributed by atoms with Crippen molar-refractivity contribution >= 4 is 0 Å². The van der Waals surface area contributed by atoms with Gasteiger partial charge in [0.15, 0.2) is 11.5 Å². The van der Waals surface area contributed by atoms with Crippen molar-refractivity contribution < 1.29 is 14.9 Å². The maximum Gasteiger partial charge on any atom is 0.161 e. The Hall–Kier alpha value is -1.26. The molecule has 0 aliphatic carbocycles. The van der Waals surface area contributed by atoms with E-state index in [4.69, 9.17) is 4.74 Å². The fourth-order valence-corrected chi connectivity index (χ4v) is 2.10. The summed E-state index contributed by atoms with van der Waals surface area (Å²) in [6, 6.07) is 5.02. The molecule has 1 unspecified atom stereocenters. The van der Waals surface area contributed by atoms with Gasteiger partial charge < -0.3 is 20.3 Å². The van der Waals surface area contributed by atoms with Crippen LogP contribution in [0.1, 0.15) is 18.4 Å². The number of rotatable bonds is 4. The molecule has 1 atom stereocenters. The Balaban J connectivity index is 1.79. The third-order valence-electron chi connectivity index (χ3n) is 3.10. The molecule has 0 saturated carbocycles. The summed E-state index contributed by atoms with van der Waals surface area (Å²) in [4.78, 5) is 0. The number of aromatic hydroxyl groups is 2. The highest BCUT2D eigenvalue weighted by Gasteiger charge is 2.13. The molecule has 1 aliphatic heterocycles. The molecule has 17 heavy (non-hydrogen) atoms. The molecule has 1 saturated heterocycles. The van der Waals surface area contributed by atoms with E-state index < -0.39 is 0 Å². The number of phenolic OH excluding ortho intramolecular Hbond substituents is 2. The minimum Gasteiger partial charge on any atom is -0.504 e. The number of para-hydroxylation sites is 1. The van der Waals surface area contributed by atoms with Crippen LogP contribution in [0, 0.1) is 5.92 Å². The number of hydrogen-bond acceptors (Lipinski definition) is 4. The van der Waals surface area contributed by atoms with E-state index in [0.717, 1.165) is 31.7 Å². The number of ether oxygens (including phenoxy) is 1. The van der Waals surface area contributed by atoms with E-state index in [1.807, 2.05) is 0 Å². The molecule has 0 bridgehead atoms. The molecule has 4 heteroatoms. The monoisotopic (exact) mass is 237 g/mol. The van der Waals surface area contributed by atoms with E-state index in [-0.39, 0.29) is 11.5 Å². The van der Waals surface area contributed by atoms with Crippen LogP contribution in [-0.2, 0) is 11.3 Å². The van der Waals surface area contributed by atoms with Crippen LogP contribution in [-0.4, -0.2) is 30.0 Å². The Bertz CT molecular complexity index is 362. The van der Waals surface area contributed by atoms with Gasteiger partial charge in [-0.3, -0.25) is 0 Å². The average molecular weight is 237 g/mol. The minimum atomic E-state index is -0.0645. The van der Waals surface area contributed by atoms with Crippen molar-refractivity contribution in [3.63, 3.8) is 0 Å². The van der Waals surface area contributed by atoms with Crippen molar-refractivity contribution in [1.82, 2.24) is 5.32 Å². The van der Waals surface area contributed by atoms with Crippen molar-refractivity contribution in [2.75, 3.05) is 19.8 Å². The predicted molar refractivity (Wildman–Crippen MR) is 65.0 cm³/mol. The van der Waals surface area contributed by atoms with Gasteiger partial charge >= 0.3 is 0 Å². The summed E-state index contributed by atoms with van der Waals surface area (Å²) >= 11 is 0. The van der Waals surface area contributed by atoms with E-state index in [1.165, 1.54) is 12.5 Å². The first-order valence-electron chi connectivity index (χ1n) is 6.05. The zero-order valence-electron chi connectivity index (χ0n) is 9.85. The van der Waals surface area contributed by atoms with Crippen LogP contribution in [0.2, 0.25) is 0 Å². The van der Waals surface area contributed by atoms with E-state index in [0.29, 0.717) is 12.5 Å². The molecule has 0 aromatic heterocycles. The highest BCUT2D eigenvalue weighted by Crippen LogP contribution is 2.27. The summed E-state index contributed by atoms with van der Waals surface area (Å²) in [6.07, 6.45) is 2.32. The number of nitrogens with one attached hydrogen (secondary N) is 1. The van der Waals surface area contributed by atoms with E-state index in [1.54, 1.807) is 12.1 Å². The topological polar surface area (TPSA) is 61.7 Å². The molecule has 1 aromatic carbocycles. The van der Waals surface area contributed by atoms with Gasteiger partial charge in [0.05, 0.1) is 6.61 Å². The standard InChI is InChI=1S/C13H19NO3/c15-12-5-1-4-11(13(12)16)8-14-7-10-3-2-6-17-9-10/h1,4-5,10,14-16H,2-3,6-9H2. The summed E-state index contributed by atoms with van der Waals surface area (Å²) in [7, 11) is 0. The lowest BCUT2D eigenvalue weighted by Crippen LogP contribution is -2.28. The Morgan fingerprint density at radius 2 is 2.24 bits per heavy atom. The zero-order chi connectivity index (χ0) is 12.1. The van der Waals surface area contributed by atoms with Crippen molar-refractivity contribution in [1.29, 1.82) is 0 Å². The van der Waals surface area contributed by atoms with E-state index >= 15 is 0 Å². The fraction of sp³-hybridized carbons (Fsp3) is 0.538. The van der Waals surface area contributed by atoms with Crippen LogP contribution in [0.4, 0.5) is 0 Å². The van der Waals surface area contributed by atoms with Crippen LogP contribution in [0.5, 0.6) is 11.5 Å². The van der Waals surface area contributed by atoms with Crippen molar-refractivity contribution in [2.24, 2.45) is 5.92 Å². The van der Waals surface area contributed by atoms with E-state index in [2.05, 4.69) is 5.32 Å². The molecule has 1 aromatic rings. The second kappa shape index (κ2) is 5.89. The summed E-state index contributed by atoms with van der Waals surface area (Å²) in [5.74, 6) is 0.466. The maximum absolute atomic E-state index is 9.62. The Labute approximate surface area is 101 Å². The second-order valence-corrected chi connectivity index (χ2v) is 4.50. The first-order valence-corrected chi connectivity index (χ1v) is 6.05. The fourth-order valence-electron chi connectivity index (χ4n) is 2.10. The second-order valence-electron chi connectivity index (χ2n) is 4.50. The number of benzene rings is 1. The first-order chi connectivity index (χ1) is 8.27. The molecule has 1 aliphatic rings. The maximum atomic E-state index is 9.62. The van der Waals surface area contributed by atoms with Crippen LogP contribution in [0.3, 0.4) is 0 Å². The Kier molecular flexibility index (Phi) is 4.23. The van der Waals surface area contributed by atoms with Gasteiger partial charge in [-0.25, -0.2) is 0 Å². The lowest BCUT2D eigenvalue weighted by molar-refractivity contribution is 0.0547. The van der Waals surface area contributed by atoms with Gasteiger partial charge in [0.1, 0.15) is 0 Å². The molecule has 4 nitrogen and oxygen atoms in total. The normalized spacial score (nSPS) is 20.4. The average Bonchev–Trinajstić information content (AvgIpc) is 2.36. The van der Waals surface area contributed by atoms with Gasteiger partial charge in [-0.15, -0.1) is 0 Å². The summed E-state index contributed by atoms with van der Waals surface area (Å²) in [6.45, 7) is 3.15. The van der Waals surface area contributed by atoms with Crippen LogP contribution >= 0.6 is 0 Å². The largest absolute Gasteiger partial charge is 0.504 e. The van der Waals surface area contributed by atoms with Crippen molar-refractivity contribution in [3.8, 4) is 11.5 Å². The lowest BCUT2D eigenvalue weighted by Gasteiger charge is -2.22. The van der Waals surface area contributed by atoms with Crippen molar-refractivity contribution in [3.05, 3.63) is 23.8 Å². The molecule has 1 heterocycles. The molecule has 94 valence electrons. The third kappa shape index (κ3) is 3.35. The van der Waals surface area contributed by atoms with Crippen LogP contribution in [0.15, 0.2) is 18.2 Å². The van der Waals surface area contributed by atoms with Gasteiger partial charge in [-0.05, 0) is 24.8 Å². The SMILES string of the molecule is Oc1cccc(CNCC2CCCOC2)c1O. The van der Waals surface area contributed by atoms with Crippen LogP contribution in [0.25, 0.3) is 0 Å². The molecule has 0 amide bonds. The predicted octanol–water partition coefficient (Wildman–Crippen LogP) is 1.61. The lowest BCUT2D eigenvalue weighted by atomic mass is 10.0. The molecule has 0 radical (unpaired) electrons. The van der Waals surface area contributed by atoms with Gasteiger partial charge in [0.25, 0.3) is 0 Å². The highest BCUT2D eigenvalue weighted by molar-refractivity contribution is 5.44. The smallest absolute Gasteiger partial charge is 0.161 e. The molecule has 0 spiro atoms. The minimum absolute atomic E-state index is 0.0279. The summed E-state index contributed by atoms with van der Waals surface area (Å²) < 4.78 is 5.40. The molecule has 2 rings (SSSR count). The van der Waals surface area contributed by atoms with Gasteiger partial charge in [-0.2, -0.15) is 0 Å². The first kappa shape index (κ1) is 12.2. The summed E-state index contributed by atoms with van der Waals surface area (Å²) in [5.41, 5.74) is 0.724. The van der Waals surface area contributed by atoms with Gasteiger partial charge in [0.2, 0.25) is 0 Å². The third-order valence-corrected chi connectivity index (χ3v) is 3.10. The molecular weight excluding hydrogens is 218 g/mol. The summed E-state index contributed by atoms with van der Waals surface area (Å²) in [5, 5.41) is 22.3. The van der Waals surface area contributed by atoms with Crippen molar-refractivity contribution in [2.45, 2.75) is 19.4 Å². The zero-order valence-corrected chi connectivity index (χ0v) is 9.85. The quantitative estimate of drug-likeness (QED) is 0.696.